The average molecular weight is 600 g/mol. The first-order valence-corrected chi connectivity index (χ1v) is 15.0. The molecule has 1 aliphatic rings. The fourth-order valence-electron chi connectivity index (χ4n) is 4.91. The number of ether oxygens (including phenoxy) is 3. The van der Waals surface area contributed by atoms with Gasteiger partial charge in [-0.15, -0.1) is 0 Å². The van der Waals surface area contributed by atoms with Crippen LogP contribution >= 0.6 is 23.2 Å². The lowest BCUT2D eigenvalue weighted by Gasteiger charge is -2.27. The Morgan fingerprint density at radius 1 is 0.951 bits per heavy atom. The molecule has 1 unspecified atom stereocenters. The van der Waals surface area contributed by atoms with Crippen LogP contribution in [-0.4, -0.2) is 50.3 Å². The minimum Gasteiger partial charge on any atom is -0.490 e. The maximum atomic E-state index is 13.7. The van der Waals surface area contributed by atoms with E-state index in [1.165, 1.54) is 5.56 Å². The molecule has 0 saturated heterocycles. The van der Waals surface area contributed by atoms with Gasteiger partial charge in [0, 0.05) is 32.8 Å². The molecule has 0 spiro atoms. The van der Waals surface area contributed by atoms with E-state index in [4.69, 9.17) is 43.1 Å². The zero-order valence-corrected chi connectivity index (χ0v) is 25.4. The number of hydrogen-bond donors (Lipinski definition) is 1. The predicted octanol–water partition coefficient (Wildman–Crippen LogP) is 6.65. The third-order valence-corrected chi connectivity index (χ3v) is 7.77. The normalized spacial score (nSPS) is 13.6. The molecule has 3 aromatic carbocycles. The monoisotopic (exact) mass is 598 g/mol. The lowest BCUT2D eigenvalue weighted by atomic mass is 9.97. The smallest absolute Gasteiger partial charge is 0.227 e. The lowest BCUT2D eigenvalue weighted by molar-refractivity contribution is -0.136. The molecule has 1 aliphatic carbocycles. The zero-order chi connectivity index (χ0) is 29.2. The van der Waals surface area contributed by atoms with Crippen LogP contribution in [0.5, 0.6) is 11.5 Å². The summed E-state index contributed by atoms with van der Waals surface area (Å²) in [7, 11) is 1.73. The maximum absolute atomic E-state index is 13.7. The molecule has 1 fully saturated rings. The van der Waals surface area contributed by atoms with E-state index in [9.17, 15) is 4.79 Å². The molecule has 0 aromatic heterocycles. The van der Waals surface area contributed by atoms with Gasteiger partial charge in [-0.25, -0.2) is 0 Å². The summed E-state index contributed by atoms with van der Waals surface area (Å²) >= 11 is 12.5. The van der Waals surface area contributed by atoms with Crippen molar-refractivity contribution < 1.29 is 19.0 Å². The van der Waals surface area contributed by atoms with Gasteiger partial charge < -0.3 is 24.8 Å². The van der Waals surface area contributed by atoms with Crippen molar-refractivity contribution in [2.75, 3.05) is 33.5 Å². The summed E-state index contributed by atoms with van der Waals surface area (Å²) < 4.78 is 16.7. The molecule has 220 valence electrons. The number of carbonyl (C=O) groups is 1. The molecular weight excluding hydrogens is 559 g/mol. The largest absolute Gasteiger partial charge is 0.490 e. The number of hydrogen-bond acceptors (Lipinski definition) is 5. The van der Waals surface area contributed by atoms with Gasteiger partial charge in [0.25, 0.3) is 0 Å². The van der Waals surface area contributed by atoms with Crippen molar-refractivity contribution in [1.82, 2.24) is 4.90 Å². The van der Waals surface area contributed by atoms with E-state index in [1.54, 1.807) is 7.11 Å². The molecule has 8 heteroatoms. The highest BCUT2D eigenvalue weighted by molar-refractivity contribution is 6.37. The standard InChI is InChI=1S/C33H40Cl2N2O4/c1-23-17-30(34)32(31(35)18-23)41-16-15-40-29-12-8-25(9-13-29)20-27(21-36)33(38)37(28-10-11-28)22-26-6-3-5-24(19-26)7-4-14-39-2/h3,5-6,8-9,12-13,17-19,27-28H,4,7,10-11,14-16,20-22,36H2,1-2H3. The van der Waals surface area contributed by atoms with Crippen molar-refractivity contribution in [1.29, 1.82) is 0 Å². The van der Waals surface area contributed by atoms with Crippen molar-refractivity contribution in [3.8, 4) is 11.5 Å². The molecule has 3 aromatic rings. The van der Waals surface area contributed by atoms with Crippen LogP contribution in [0.2, 0.25) is 10.0 Å². The van der Waals surface area contributed by atoms with Gasteiger partial charge in [0.1, 0.15) is 19.0 Å². The second-order valence-corrected chi connectivity index (χ2v) is 11.5. The van der Waals surface area contributed by atoms with Crippen LogP contribution in [0.3, 0.4) is 0 Å². The molecule has 1 atom stereocenters. The Labute approximate surface area is 253 Å². The van der Waals surface area contributed by atoms with Crippen LogP contribution in [0, 0.1) is 12.8 Å². The van der Waals surface area contributed by atoms with Gasteiger partial charge in [0.15, 0.2) is 5.75 Å². The van der Waals surface area contributed by atoms with Gasteiger partial charge in [-0.2, -0.15) is 0 Å². The van der Waals surface area contributed by atoms with Crippen LogP contribution in [0.25, 0.3) is 0 Å². The molecular formula is C33H40Cl2N2O4. The van der Waals surface area contributed by atoms with Crippen LogP contribution in [0.15, 0.2) is 60.7 Å². The zero-order valence-electron chi connectivity index (χ0n) is 23.9. The highest BCUT2D eigenvalue weighted by Crippen LogP contribution is 2.34. The van der Waals surface area contributed by atoms with E-state index in [0.717, 1.165) is 54.7 Å². The minimum atomic E-state index is -0.273. The average Bonchev–Trinajstić information content (AvgIpc) is 3.80. The van der Waals surface area contributed by atoms with E-state index >= 15 is 0 Å². The Morgan fingerprint density at radius 2 is 1.63 bits per heavy atom. The molecule has 4 rings (SSSR count). The van der Waals surface area contributed by atoms with Crippen molar-refractivity contribution in [3.05, 3.63) is 93.0 Å². The fourth-order valence-corrected chi connectivity index (χ4v) is 5.62. The summed E-state index contributed by atoms with van der Waals surface area (Å²) in [5.41, 5.74) is 10.6. The number of nitrogens with two attached hydrogens (primary N) is 1. The van der Waals surface area contributed by atoms with Crippen molar-refractivity contribution in [3.63, 3.8) is 0 Å². The molecule has 0 bridgehead atoms. The highest BCUT2D eigenvalue weighted by Gasteiger charge is 2.35. The number of halogens is 2. The molecule has 2 N–H and O–H groups in total. The van der Waals surface area contributed by atoms with Gasteiger partial charge in [0.05, 0.1) is 16.0 Å². The molecule has 41 heavy (non-hydrogen) atoms. The second kappa shape index (κ2) is 15.5. The first kappa shape index (κ1) is 31.2. The molecule has 6 nitrogen and oxygen atoms in total. The number of aryl methyl sites for hydroxylation is 2. The Kier molecular flexibility index (Phi) is 11.8. The van der Waals surface area contributed by atoms with Gasteiger partial charge in [-0.05, 0) is 85.5 Å². The highest BCUT2D eigenvalue weighted by atomic mass is 35.5. The Morgan fingerprint density at radius 3 is 2.29 bits per heavy atom. The third-order valence-electron chi connectivity index (χ3n) is 7.21. The third kappa shape index (κ3) is 9.37. The molecule has 0 aliphatic heterocycles. The number of amides is 1. The van der Waals surface area contributed by atoms with E-state index in [1.807, 2.05) is 48.2 Å². The minimum absolute atomic E-state index is 0.130. The molecule has 1 amide bonds. The maximum Gasteiger partial charge on any atom is 0.227 e. The topological polar surface area (TPSA) is 74.0 Å². The fraction of sp³-hybridized carbons (Fsp3) is 0.424. The summed E-state index contributed by atoms with van der Waals surface area (Å²) in [6.07, 6.45) is 4.63. The number of rotatable bonds is 16. The predicted molar refractivity (Wildman–Crippen MR) is 165 cm³/mol. The summed E-state index contributed by atoms with van der Waals surface area (Å²) in [6, 6.07) is 20.3. The Hall–Kier alpha value is -2.77. The number of nitrogens with zero attached hydrogens (tertiary/aromatic N) is 1. The van der Waals surface area contributed by atoms with Gasteiger partial charge in [-0.3, -0.25) is 4.79 Å². The van der Waals surface area contributed by atoms with Gasteiger partial charge in [0.2, 0.25) is 5.91 Å². The summed E-state index contributed by atoms with van der Waals surface area (Å²) in [4.78, 5) is 15.7. The Bertz CT molecular complexity index is 1260. The van der Waals surface area contributed by atoms with E-state index in [0.29, 0.717) is 54.6 Å². The Balaban J connectivity index is 1.29. The van der Waals surface area contributed by atoms with E-state index in [-0.39, 0.29) is 11.8 Å². The van der Waals surface area contributed by atoms with E-state index in [2.05, 4.69) is 24.3 Å². The van der Waals surface area contributed by atoms with Crippen molar-refractivity contribution in [2.45, 2.75) is 51.6 Å². The SMILES string of the molecule is COCCCc1cccc(CN(C(=O)C(CN)Cc2ccc(OCCOc3c(Cl)cc(C)cc3Cl)cc2)C2CC2)c1. The first-order valence-electron chi connectivity index (χ1n) is 14.3. The first-order chi connectivity index (χ1) is 19.9. The van der Waals surface area contributed by atoms with Crippen LogP contribution in [-0.2, 0) is 28.9 Å². The van der Waals surface area contributed by atoms with Crippen LogP contribution < -0.4 is 15.2 Å². The van der Waals surface area contributed by atoms with Gasteiger partial charge >= 0.3 is 0 Å². The summed E-state index contributed by atoms with van der Waals surface area (Å²) in [5, 5.41) is 0.963. The molecule has 1 saturated carbocycles. The quantitative estimate of drug-likeness (QED) is 0.187. The van der Waals surface area contributed by atoms with E-state index < -0.39 is 0 Å². The number of carbonyl (C=O) groups excluding carboxylic acids is 1. The number of methoxy groups -OCH3 is 1. The molecule has 0 heterocycles. The molecule has 0 radical (unpaired) electrons. The second-order valence-electron chi connectivity index (χ2n) is 10.6. The van der Waals surface area contributed by atoms with Crippen molar-refractivity contribution in [2.24, 2.45) is 11.7 Å². The van der Waals surface area contributed by atoms with Crippen LogP contribution in [0.4, 0.5) is 0 Å². The van der Waals surface area contributed by atoms with Crippen LogP contribution in [0.1, 0.15) is 41.5 Å². The van der Waals surface area contributed by atoms with Gasteiger partial charge in [-0.1, -0.05) is 59.6 Å². The summed E-state index contributed by atoms with van der Waals surface area (Å²) in [6.45, 7) is 4.24. The summed E-state index contributed by atoms with van der Waals surface area (Å²) in [5.74, 6) is 1.04. The van der Waals surface area contributed by atoms with Crippen molar-refractivity contribution >= 4 is 29.1 Å². The number of benzene rings is 3. The lowest BCUT2D eigenvalue weighted by Crippen LogP contribution is -2.41.